The lowest BCUT2D eigenvalue weighted by molar-refractivity contribution is -0.139. The second-order valence-electron chi connectivity index (χ2n) is 3.33. The number of aryl methyl sites for hydroxylation is 1. The van der Waals surface area contributed by atoms with Crippen LogP contribution in [-0.2, 0) is 22.4 Å². The van der Waals surface area contributed by atoms with Crippen molar-refractivity contribution in [3.8, 4) is 11.8 Å². The summed E-state index contributed by atoms with van der Waals surface area (Å²) < 4.78 is 4.52. The first-order valence-electron chi connectivity index (χ1n) is 4.94. The lowest BCUT2D eigenvalue weighted by Crippen LogP contribution is -2.06. The van der Waals surface area contributed by atoms with Crippen LogP contribution >= 0.6 is 0 Å². The zero-order chi connectivity index (χ0) is 12.1. The van der Waals surface area contributed by atoms with E-state index in [1.54, 1.807) is 12.1 Å². The Morgan fingerprint density at radius 2 is 2.12 bits per heavy atom. The third-order valence-electron chi connectivity index (χ3n) is 2.40. The van der Waals surface area contributed by atoms with E-state index in [-0.39, 0.29) is 17.7 Å². The van der Waals surface area contributed by atoms with Gasteiger partial charge >= 0.3 is 5.97 Å². The van der Waals surface area contributed by atoms with Gasteiger partial charge in [-0.25, -0.2) is 0 Å². The van der Waals surface area contributed by atoms with E-state index in [1.165, 1.54) is 7.11 Å². The molecular weight excluding hydrogens is 206 g/mol. The van der Waals surface area contributed by atoms with E-state index in [4.69, 9.17) is 5.26 Å². The van der Waals surface area contributed by atoms with Gasteiger partial charge in [0.15, 0.2) is 0 Å². The van der Waals surface area contributed by atoms with Gasteiger partial charge in [0.1, 0.15) is 11.8 Å². The molecular formula is C12H13NO3. The molecule has 0 atom stereocenters. The smallest absolute Gasteiger partial charge is 0.310 e. The van der Waals surface area contributed by atoms with Gasteiger partial charge in [-0.3, -0.25) is 4.79 Å². The van der Waals surface area contributed by atoms with Gasteiger partial charge in [0.25, 0.3) is 0 Å². The van der Waals surface area contributed by atoms with E-state index < -0.39 is 5.97 Å². The van der Waals surface area contributed by atoms with Gasteiger partial charge in [-0.15, -0.1) is 0 Å². The average Bonchev–Trinajstić information content (AvgIpc) is 2.29. The minimum atomic E-state index is -0.430. The number of carbonyl (C=O) groups is 1. The molecule has 0 aromatic heterocycles. The van der Waals surface area contributed by atoms with Crippen molar-refractivity contribution >= 4 is 5.97 Å². The van der Waals surface area contributed by atoms with E-state index in [1.807, 2.05) is 13.0 Å². The molecule has 0 aliphatic heterocycles. The molecule has 4 nitrogen and oxygen atoms in total. The van der Waals surface area contributed by atoms with Crippen molar-refractivity contribution in [2.45, 2.75) is 19.8 Å². The zero-order valence-electron chi connectivity index (χ0n) is 9.28. The number of nitrogens with zero attached hydrogens (tertiary/aromatic N) is 1. The first kappa shape index (κ1) is 12.1. The number of rotatable bonds is 3. The van der Waals surface area contributed by atoms with Gasteiger partial charge in [-0.2, -0.15) is 5.26 Å². The van der Waals surface area contributed by atoms with E-state index in [2.05, 4.69) is 4.74 Å². The number of methoxy groups -OCH3 is 1. The third kappa shape index (κ3) is 2.31. The maximum Gasteiger partial charge on any atom is 0.310 e. The summed E-state index contributed by atoms with van der Waals surface area (Å²) in [5.41, 5.74) is 1.35. The van der Waals surface area contributed by atoms with Crippen LogP contribution in [0.4, 0.5) is 0 Å². The van der Waals surface area contributed by atoms with Crippen LogP contribution < -0.4 is 0 Å². The highest BCUT2D eigenvalue weighted by Gasteiger charge is 2.14. The monoisotopic (exact) mass is 219 g/mol. The predicted molar refractivity (Wildman–Crippen MR) is 57.9 cm³/mol. The number of hydrogen-bond donors (Lipinski definition) is 1. The first-order chi connectivity index (χ1) is 7.63. The Morgan fingerprint density at radius 3 is 2.62 bits per heavy atom. The van der Waals surface area contributed by atoms with Crippen molar-refractivity contribution in [2.75, 3.05) is 7.11 Å². The number of nitriles is 1. The van der Waals surface area contributed by atoms with Gasteiger partial charge in [0.05, 0.1) is 19.1 Å². The molecule has 16 heavy (non-hydrogen) atoms. The molecule has 0 aliphatic rings. The fraction of sp³-hybridized carbons (Fsp3) is 0.333. The van der Waals surface area contributed by atoms with Crippen molar-refractivity contribution in [3.05, 3.63) is 28.8 Å². The minimum absolute atomic E-state index is 0.00303. The molecule has 84 valence electrons. The van der Waals surface area contributed by atoms with Gasteiger partial charge < -0.3 is 9.84 Å². The number of carbonyl (C=O) groups excluding carboxylic acids is 1. The SMILES string of the molecule is CCc1ccc(CC(=O)OC)c(C#N)c1O. The maximum atomic E-state index is 11.1. The quantitative estimate of drug-likeness (QED) is 0.783. The molecule has 0 spiro atoms. The van der Waals surface area contributed by atoms with Crippen molar-refractivity contribution in [2.24, 2.45) is 0 Å². The van der Waals surface area contributed by atoms with Crippen LogP contribution in [0.1, 0.15) is 23.6 Å². The van der Waals surface area contributed by atoms with Gasteiger partial charge in [-0.1, -0.05) is 19.1 Å². The predicted octanol–water partition coefficient (Wildman–Crippen LogP) is 1.54. The maximum absolute atomic E-state index is 11.1. The number of esters is 1. The summed E-state index contributed by atoms with van der Waals surface area (Å²) in [5.74, 6) is -0.466. The Hall–Kier alpha value is -2.02. The van der Waals surface area contributed by atoms with E-state index in [0.717, 1.165) is 0 Å². The fourth-order valence-electron chi connectivity index (χ4n) is 1.46. The topological polar surface area (TPSA) is 70.3 Å². The first-order valence-corrected chi connectivity index (χ1v) is 4.94. The van der Waals surface area contributed by atoms with E-state index >= 15 is 0 Å². The molecule has 0 saturated heterocycles. The lowest BCUT2D eigenvalue weighted by Gasteiger charge is -2.08. The van der Waals surface area contributed by atoms with Crippen LogP contribution in [0.25, 0.3) is 0 Å². The number of phenols is 1. The van der Waals surface area contributed by atoms with Gasteiger partial charge in [-0.05, 0) is 17.5 Å². The van der Waals surface area contributed by atoms with Crippen LogP contribution in [-0.4, -0.2) is 18.2 Å². The van der Waals surface area contributed by atoms with E-state index in [9.17, 15) is 9.90 Å². The van der Waals surface area contributed by atoms with Gasteiger partial charge in [0, 0.05) is 0 Å². The molecule has 0 bridgehead atoms. The van der Waals surface area contributed by atoms with Crippen LogP contribution in [0, 0.1) is 11.3 Å². The molecule has 0 aliphatic carbocycles. The van der Waals surface area contributed by atoms with Crippen molar-refractivity contribution in [3.63, 3.8) is 0 Å². The van der Waals surface area contributed by atoms with Crippen molar-refractivity contribution < 1.29 is 14.6 Å². The van der Waals surface area contributed by atoms with Crippen LogP contribution in [0.2, 0.25) is 0 Å². The molecule has 0 unspecified atom stereocenters. The average molecular weight is 219 g/mol. The summed E-state index contributed by atoms with van der Waals surface area (Å²) in [6, 6.07) is 5.30. The standard InChI is InChI=1S/C12H13NO3/c1-3-8-4-5-9(6-11(14)16-2)10(7-13)12(8)15/h4-5,15H,3,6H2,1-2H3. The number of benzene rings is 1. The molecule has 1 rings (SSSR count). The van der Waals surface area contributed by atoms with Crippen LogP contribution in [0.3, 0.4) is 0 Å². The Kier molecular flexibility index (Phi) is 3.90. The minimum Gasteiger partial charge on any atom is -0.506 e. The Labute approximate surface area is 94.1 Å². The highest BCUT2D eigenvalue weighted by Crippen LogP contribution is 2.26. The lowest BCUT2D eigenvalue weighted by atomic mass is 9.99. The zero-order valence-corrected chi connectivity index (χ0v) is 9.28. The summed E-state index contributed by atoms with van der Waals surface area (Å²) in [6.07, 6.45) is 0.635. The summed E-state index contributed by atoms with van der Waals surface area (Å²) in [7, 11) is 1.29. The highest BCUT2D eigenvalue weighted by atomic mass is 16.5. The van der Waals surface area contributed by atoms with Crippen molar-refractivity contribution in [1.29, 1.82) is 5.26 Å². The Balaban J connectivity index is 3.17. The highest BCUT2D eigenvalue weighted by molar-refractivity contribution is 5.74. The Bertz CT molecular complexity index is 446. The molecule has 0 saturated carbocycles. The second kappa shape index (κ2) is 5.17. The summed E-state index contributed by atoms with van der Waals surface area (Å²) in [6.45, 7) is 1.89. The Morgan fingerprint density at radius 1 is 1.50 bits per heavy atom. The third-order valence-corrected chi connectivity index (χ3v) is 2.40. The van der Waals surface area contributed by atoms with Crippen LogP contribution in [0.5, 0.6) is 5.75 Å². The van der Waals surface area contributed by atoms with Crippen LogP contribution in [0.15, 0.2) is 12.1 Å². The molecule has 1 aromatic carbocycles. The molecule has 0 heterocycles. The number of hydrogen-bond acceptors (Lipinski definition) is 4. The molecule has 0 fully saturated rings. The number of phenolic OH excluding ortho intramolecular Hbond substituents is 1. The van der Waals surface area contributed by atoms with E-state index in [0.29, 0.717) is 17.5 Å². The largest absolute Gasteiger partial charge is 0.506 e. The van der Waals surface area contributed by atoms with Gasteiger partial charge in [0.2, 0.25) is 0 Å². The summed E-state index contributed by atoms with van der Waals surface area (Å²) in [5, 5.41) is 18.7. The van der Waals surface area contributed by atoms with Crippen molar-refractivity contribution in [1.82, 2.24) is 0 Å². The molecule has 0 radical (unpaired) electrons. The molecule has 0 amide bonds. The summed E-state index contributed by atoms with van der Waals surface area (Å²) in [4.78, 5) is 11.1. The normalized spacial score (nSPS) is 9.56. The molecule has 1 N–H and O–H groups in total. The molecule has 4 heteroatoms. The number of ether oxygens (including phenoxy) is 1. The summed E-state index contributed by atoms with van der Waals surface area (Å²) >= 11 is 0. The number of aromatic hydroxyl groups is 1. The second-order valence-corrected chi connectivity index (χ2v) is 3.33. The fourth-order valence-corrected chi connectivity index (χ4v) is 1.46. The molecule has 1 aromatic rings.